The van der Waals surface area contributed by atoms with E-state index in [9.17, 15) is 9.59 Å². The Morgan fingerprint density at radius 1 is 1.00 bits per heavy atom. The predicted octanol–water partition coefficient (Wildman–Crippen LogP) is 1.53. The maximum atomic E-state index is 11.8. The summed E-state index contributed by atoms with van der Waals surface area (Å²) in [5, 5.41) is 17.1. The van der Waals surface area contributed by atoms with Crippen molar-refractivity contribution in [2.75, 3.05) is 13.1 Å². The molecule has 0 aromatic heterocycles. The van der Waals surface area contributed by atoms with Gasteiger partial charge in [-0.1, -0.05) is 30.3 Å². The minimum Gasteiger partial charge on any atom is -0.316 e. The average molecular weight is 255 g/mol. The van der Waals surface area contributed by atoms with Crippen molar-refractivity contribution in [3.63, 3.8) is 0 Å². The Balaban J connectivity index is 2.52. The normalized spacial score (nSPS) is 9.16. The Morgan fingerprint density at radius 2 is 1.58 bits per heavy atom. The van der Waals surface area contributed by atoms with E-state index in [2.05, 4.69) is 0 Å². The molecule has 96 valence electrons. The molecule has 19 heavy (non-hydrogen) atoms. The monoisotopic (exact) mass is 255 g/mol. The number of nitrogens with zero attached hydrogens (tertiary/aromatic N) is 3. The average Bonchev–Trinajstić information content (AvgIpc) is 2.45. The summed E-state index contributed by atoms with van der Waals surface area (Å²) in [7, 11) is 0. The summed E-state index contributed by atoms with van der Waals surface area (Å²) in [6.07, 6.45) is 0.0906. The fraction of sp³-hybridized carbons (Fsp3) is 0.286. The molecule has 0 aliphatic heterocycles. The maximum absolute atomic E-state index is 11.8. The fourth-order valence-corrected chi connectivity index (χ4v) is 1.55. The van der Waals surface area contributed by atoms with E-state index in [4.69, 9.17) is 10.5 Å². The number of hydrogen-bond donors (Lipinski definition) is 0. The van der Waals surface area contributed by atoms with Crippen molar-refractivity contribution in [3.05, 3.63) is 35.9 Å². The first-order valence-electron chi connectivity index (χ1n) is 5.79. The molecule has 1 aromatic carbocycles. The van der Waals surface area contributed by atoms with Gasteiger partial charge in [-0.3, -0.25) is 9.59 Å². The molecule has 0 radical (unpaired) electrons. The molecule has 0 unspecified atom stereocenters. The van der Waals surface area contributed by atoms with E-state index in [1.807, 2.05) is 18.2 Å². The molecule has 1 amide bonds. The van der Waals surface area contributed by atoms with Crippen LogP contribution in [0.5, 0.6) is 0 Å². The molecule has 0 spiro atoms. The van der Waals surface area contributed by atoms with Crippen LogP contribution in [0.15, 0.2) is 30.3 Å². The first-order chi connectivity index (χ1) is 9.19. The second kappa shape index (κ2) is 7.62. The molecule has 0 aliphatic carbocycles. The smallest absolute Gasteiger partial charge is 0.224 e. The summed E-state index contributed by atoms with van der Waals surface area (Å²) in [6.45, 7) is -0.266. The van der Waals surface area contributed by atoms with Gasteiger partial charge in [0.05, 0.1) is 12.1 Å². The van der Waals surface area contributed by atoms with E-state index in [1.165, 1.54) is 0 Å². The quantitative estimate of drug-likeness (QED) is 0.569. The van der Waals surface area contributed by atoms with Gasteiger partial charge in [-0.05, 0) is 0 Å². The third kappa shape index (κ3) is 4.61. The van der Waals surface area contributed by atoms with Crippen LogP contribution in [-0.2, 0) is 4.79 Å². The molecule has 5 heteroatoms. The minimum atomic E-state index is -0.354. The van der Waals surface area contributed by atoms with Crippen LogP contribution in [0, 0.1) is 22.7 Å². The fourth-order valence-electron chi connectivity index (χ4n) is 1.55. The third-order valence-electron chi connectivity index (χ3n) is 2.54. The van der Waals surface area contributed by atoms with Crippen molar-refractivity contribution in [3.8, 4) is 12.1 Å². The maximum Gasteiger partial charge on any atom is 0.224 e. The van der Waals surface area contributed by atoms with Gasteiger partial charge in [-0.15, -0.1) is 0 Å². The van der Waals surface area contributed by atoms with Gasteiger partial charge in [0.2, 0.25) is 5.91 Å². The molecular weight excluding hydrogens is 242 g/mol. The Bertz CT molecular complexity index is 510. The van der Waals surface area contributed by atoms with Crippen LogP contribution >= 0.6 is 0 Å². The Morgan fingerprint density at radius 3 is 2.11 bits per heavy atom. The lowest BCUT2D eigenvalue weighted by Gasteiger charge is -2.15. The molecule has 0 atom stereocenters. The van der Waals surface area contributed by atoms with E-state index in [0.29, 0.717) is 5.56 Å². The molecule has 0 saturated carbocycles. The van der Waals surface area contributed by atoms with Gasteiger partial charge in [0, 0.05) is 18.4 Å². The highest BCUT2D eigenvalue weighted by Gasteiger charge is 2.15. The number of nitriles is 2. The van der Waals surface area contributed by atoms with Crippen LogP contribution in [0.1, 0.15) is 23.2 Å². The number of hydrogen-bond acceptors (Lipinski definition) is 4. The van der Waals surface area contributed by atoms with Gasteiger partial charge in [0.25, 0.3) is 0 Å². The van der Waals surface area contributed by atoms with Crippen LogP contribution in [0.4, 0.5) is 0 Å². The molecular formula is C14H13N3O2. The van der Waals surface area contributed by atoms with Crippen molar-refractivity contribution >= 4 is 11.7 Å². The second-order valence-electron chi connectivity index (χ2n) is 3.86. The Kier molecular flexibility index (Phi) is 5.78. The van der Waals surface area contributed by atoms with Crippen molar-refractivity contribution < 1.29 is 9.59 Å². The summed E-state index contributed by atoms with van der Waals surface area (Å²) in [6, 6.07) is 12.3. The standard InChI is InChI=1S/C14H13N3O2/c15-8-10-17(11-9-16)14(19)7-6-13(18)12-4-2-1-3-5-12/h1-5H,6-7,10-11H2. The third-order valence-corrected chi connectivity index (χ3v) is 2.54. The number of ketones is 1. The van der Waals surface area contributed by atoms with Crippen LogP contribution in [0.2, 0.25) is 0 Å². The topological polar surface area (TPSA) is 85.0 Å². The number of benzene rings is 1. The lowest BCUT2D eigenvalue weighted by Crippen LogP contribution is -2.31. The van der Waals surface area contributed by atoms with Crippen molar-refractivity contribution in [2.24, 2.45) is 0 Å². The highest BCUT2D eigenvalue weighted by molar-refractivity contribution is 5.97. The van der Waals surface area contributed by atoms with Crippen LogP contribution < -0.4 is 0 Å². The lowest BCUT2D eigenvalue weighted by molar-refractivity contribution is -0.130. The highest BCUT2D eigenvalue weighted by atomic mass is 16.2. The molecule has 0 saturated heterocycles. The van der Waals surface area contributed by atoms with Gasteiger partial charge < -0.3 is 4.90 Å². The largest absolute Gasteiger partial charge is 0.316 e. The zero-order valence-corrected chi connectivity index (χ0v) is 10.4. The van der Waals surface area contributed by atoms with E-state index < -0.39 is 0 Å². The summed E-state index contributed by atoms with van der Waals surface area (Å²) in [4.78, 5) is 24.7. The molecule has 0 aliphatic rings. The van der Waals surface area contributed by atoms with E-state index >= 15 is 0 Å². The summed E-state index contributed by atoms with van der Waals surface area (Å²) in [5.41, 5.74) is 0.558. The number of amides is 1. The van der Waals surface area contributed by atoms with Crippen molar-refractivity contribution in [2.45, 2.75) is 12.8 Å². The molecule has 1 rings (SSSR count). The number of rotatable bonds is 6. The van der Waals surface area contributed by atoms with Gasteiger partial charge >= 0.3 is 0 Å². The van der Waals surface area contributed by atoms with E-state index in [1.54, 1.807) is 24.3 Å². The number of carbonyl (C=O) groups is 2. The summed E-state index contributed by atoms with van der Waals surface area (Å²) in [5.74, 6) is -0.477. The molecule has 5 nitrogen and oxygen atoms in total. The summed E-state index contributed by atoms with van der Waals surface area (Å²) < 4.78 is 0. The Hall–Kier alpha value is -2.66. The highest BCUT2D eigenvalue weighted by Crippen LogP contribution is 2.06. The van der Waals surface area contributed by atoms with Crippen molar-refractivity contribution in [1.29, 1.82) is 10.5 Å². The van der Waals surface area contributed by atoms with Gasteiger partial charge in [-0.25, -0.2) is 0 Å². The lowest BCUT2D eigenvalue weighted by atomic mass is 10.1. The molecule has 0 N–H and O–H groups in total. The van der Waals surface area contributed by atoms with Crippen molar-refractivity contribution in [1.82, 2.24) is 4.90 Å². The number of Topliss-reactive ketones (excluding diaryl/α,β-unsaturated/α-hetero) is 1. The second-order valence-corrected chi connectivity index (χ2v) is 3.86. The van der Waals surface area contributed by atoms with E-state index in [0.717, 1.165) is 4.90 Å². The van der Waals surface area contributed by atoms with Gasteiger partial charge in [0.15, 0.2) is 5.78 Å². The first-order valence-corrected chi connectivity index (χ1v) is 5.79. The van der Waals surface area contributed by atoms with Crippen LogP contribution in [0.3, 0.4) is 0 Å². The molecule has 1 aromatic rings. The molecule has 0 heterocycles. The molecule has 0 bridgehead atoms. The SMILES string of the molecule is N#CCN(CC#N)C(=O)CCC(=O)c1ccccc1. The van der Waals surface area contributed by atoms with Gasteiger partial charge in [0.1, 0.15) is 13.1 Å². The van der Waals surface area contributed by atoms with Gasteiger partial charge in [-0.2, -0.15) is 10.5 Å². The number of carbonyl (C=O) groups excluding carboxylic acids is 2. The zero-order valence-electron chi connectivity index (χ0n) is 10.4. The zero-order chi connectivity index (χ0) is 14.1. The Labute approximate surface area is 111 Å². The molecule has 0 fully saturated rings. The van der Waals surface area contributed by atoms with E-state index in [-0.39, 0.29) is 37.6 Å². The summed E-state index contributed by atoms with van der Waals surface area (Å²) >= 11 is 0. The first kappa shape index (κ1) is 14.4. The predicted molar refractivity (Wildman–Crippen MR) is 67.8 cm³/mol. The van der Waals surface area contributed by atoms with Crippen LogP contribution in [0.25, 0.3) is 0 Å². The van der Waals surface area contributed by atoms with Crippen LogP contribution in [-0.4, -0.2) is 29.7 Å². The minimum absolute atomic E-state index is 0.0110.